The van der Waals surface area contributed by atoms with Gasteiger partial charge in [-0.3, -0.25) is 0 Å². The van der Waals surface area contributed by atoms with E-state index < -0.39 is 5.41 Å². The predicted molar refractivity (Wildman–Crippen MR) is 160 cm³/mol. The van der Waals surface area contributed by atoms with Crippen molar-refractivity contribution in [1.82, 2.24) is 35.5 Å². The van der Waals surface area contributed by atoms with Gasteiger partial charge < -0.3 is 25.4 Å². The van der Waals surface area contributed by atoms with E-state index in [0.717, 1.165) is 55.6 Å². The number of hydrogen-bond donors (Lipinski definition) is 3. The van der Waals surface area contributed by atoms with Crippen LogP contribution in [0.1, 0.15) is 51.3 Å². The Labute approximate surface area is 251 Å². The number of nitrogens with zero attached hydrogens (tertiary/aromatic N) is 7. The Morgan fingerprint density at radius 2 is 1.98 bits per heavy atom. The lowest BCUT2D eigenvalue weighted by molar-refractivity contribution is 0.0455. The molecule has 2 aliphatic rings. The lowest BCUT2D eigenvalue weighted by Crippen LogP contribution is -2.43. The zero-order valence-electron chi connectivity index (χ0n) is 24.2. The van der Waals surface area contributed by atoms with E-state index in [4.69, 9.17) is 26.1 Å². The van der Waals surface area contributed by atoms with Crippen LogP contribution in [0.5, 0.6) is 0 Å². The van der Waals surface area contributed by atoms with E-state index in [-0.39, 0.29) is 6.04 Å². The second-order valence-electron chi connectivity index (χ2n) is 11.3. The quantitative estimate of drug-likeness (QED) is 0.280. The minimum Gasteiger partial charge on any atom is -0.381 e. The molecule has 2 fully saturated rings. The Balaban J connectivity index is 1.10. The third-order valence-corrected chi connectivity index (χ3v) is 8.22. The molecule has 0 aromatic carbocycles. The second kappa shape index (κ2) is 14.2. The van der Waals surface area contributed by atoms with Crippen LogP contribution in [-0.4, -0.2) is 74.7 Å². The molecule has 1 aliphatic heterocycles. The average Bonchev–Trinajstić information content (AvgIpc) is 3.43. The molecule has 224 valence electrons. The van der Waals surface area contributed by atoms with Gasteiger partial charge in [0.25, 0.3) is 0 Å². The summed E-state index contributed by atoms with van der Waals surface area (Å²) in [6, 6.07) is 11.3. The van der Waals surface area contributed by atoms with Gasteiger partial charge in [-0.2, -0.15) is 10.1 Å². The van der Waals surface area contributed by atoms with Crippen molar-refractivity contribution < 1.29 is 9.47 Å². The number of nitrogens with one attached hydrogen (secondary N) is 3. The zero-order valence-corrected chi connectivity index (χ0v) is 25.0. The highest BCUT2D eigenvalue weighted by Gasteiger charge is 2.32. The van der Waals surface area contributed by atoms with Gasteiger partial charge in [-0.1, -0.05) is 17.7 Å². The van der Waals surface area contributed by atoms with Gasteiger partial charge in [-0.05, 0) is 68.9 Å². The van der Waals surface area contributed by atoms with Crippen molar-refractivity contribution in [3.63, 3.8) is 0 Å². The van der Waals surface area contributed by atoms with Crippen LogP contribution in [0.3, 0.4) is 0 Å². The minimum absolute atomic E-state index is 0.233. The van der Waals surface area contributed by atoms with Crippen molar-refractivity contribution in [2.45, 2.75) is 70.2 Å². The van der Waals surface area contributed by atoms with E-state index in [1.54, 1.807) is 13.2 Å². The summed E-state index contributed by atoms with van der Waals surface area (Å²) in [5.41, 5.74) is 1.14. The fraction of sp³-hybridized carbons (Fsp3) is 0.586. The van der Waals surface area contributed by atoms with E-state index in [9.17, 15) is 5.26 Å². The summed E-state index contributed by atoms with van der Waals surface area (Å²) in [5.74, 6) is 2.09. The van der Waals surface area contributed by atoms with E-state index in [0.29, 0.717) is 61.7 Å². The molecule has 1 atom stereocenters. The fourth-order valence-electron chi connectivity index (χ4n) is 5.52. The molecule has 1 aliphatic carbocycles. The molecule has 5 rings (SSSR count). The molecular weight excluding hydrogens is 556 g/mol. The standard InChI is InChI=1S/C29H39ClN10O2/c1-20(16-42-17-28-37-39-40(2)38-28)34-21-6-8-22(9-7-21)35-27-14-23(24(30)15-32-27)25-4-3-5-26(36-25)33-19-29(18-31)10-12-41-13-11-29/h3-5,14-15,20-22,34H,6-13,16-17,19H2,1-2H3,(H,32,35)(H,33,36)/t20-,21-,22-/m1/s1. The summed E-state index contributed by atoms with van der Waals surface area (Å²) in [6.07, 6.45) is 7.33. The summed E-state index contributed by atoms with van der Waals surface area (Å²) in [7, 11) is 1.74. The van der Waals surface area contributed by atoms with Crippen molar-refractivity contribution in [1.29, 1.82) is 5.26 Å². The summed E-state index contributed by atoms with van der Waals surface area (Å²) < 4.78 is 11.2. The number of anilines is 2. The maximum absolute atomic E-state index is 9.76. The zero-order chi connectivity index (χ0) is 29.4. The first-order valence-electron chi connectivity index (χ1n) is 14.6. The molecule has 0 bridgehead atoms. The van der Waals surface area contributed by atoms with E-state index in [2.05, 4.69) is 49.3 Å². The number of pyridine rings is 2. The van der Waals surface area contributed by atoms with Gasteiger partial charge in [0.05, 0.1) is 35.9 Å². The molecule has 4 heterocycles. The van der Waals surface area contributed by atoms with Crippen molar-refractivity contribution >= 4 is 23.2 Å². The number of hydrogen-bond acceptors (Lipinski definition) is 11. The molecule has 0 amide bonds. The number of ether oxygens (including phenoxy) is 2. The molecule has 1 saturated carbocycles. The third kappa shape index (κ3) is 8.13. The van der Waals surface area contributed by atoms with Gasteiger partial charge in [-0.25, -0.2) is 9.97 Å². The Hall–Kier alpha value is -3.37. The van der Waals surface area contributed by atoms with Crippen LogP contribution in [0, 0.1) is 16.7 Å². The Bertz CT molecular complexity index is 1350. The van der Waals surface area contributed by atoms with Gasteiger partial charge in [0, 0.05) is 49.6 Å². The number of nitriles is 1. The van der Waals surface area contributed by atoms with E-state index in [1.807, 2.05) is 24.3 Å². The van der Waals surface area contributed by atoms with Crippen LogP contribution in [0.4, 0.5) is 11.6 Å². The predicted octanol–water partition coefficient (Wildman–Crippen LogP) is 3.97. The first kappa shape index (κ1) is 30.1. The average molecular weight is 595 g/mol. The maximum Gasteiger partial charge on any atom is 0.200 e. The topological polar surface area (TPSA) is 148 Å². The summed E-state index contributed by atoms with van der Waals surface area (Å²) in [5, 5.41) is 32.9. The van der Waals surface area contributed by atoms with Crippen LogP contribution in [0.2, 0.25) is 5.02 Å². The fourth-order valence-corrected chi connectivity index (χ4v) is 5.72. The molecule has 1 saturated heterocycles. The van der Waals surface area contributed by atoms with Gasteiger partial charge in [0.15, 0.2) is 5.82 Å². The molecule has 42 heavy (non-hydrogen) atoms. The van der Waals surface area contributed by atoms with Crippen LogP contribution in [0.15, 0.2) is 30.5 Å². The highest BCUT2D eigenvalue weighted by molar-refractivity contribution is 6.33. The van der Waals surface area contributed by atoms with Crippen LogP contribution >= 0.6 is 11.6 Å². The number of halogens is 1. The lowest BCUT2D eigenvalue weighted by Gasteiger charge is -2.32. The van der Waals surface area contributed by atoms with Gasteiger partial charge in [0.1, 0.15) is 18.2 Å². The number of aromatic nitrogens is 6. The Morgan fingerprint density at radius 3 is 2.71 bits per heavy atom. The molecule has 3 aromatic heterocycles. The second-order valence-corrected chi connectivity index (χ2v) is 11.7. The highest BCUT2D eigenvalue weighted by atomic mass is 35.5. The van der Waals surface area contributed by atoms with E-state index in [1.165, 1.54) is 4.80 Å². The maximum atomic E-state index is 9.76. The van der Waals surface area contributed by atoms with Crippen molar-refractivity contribution in [2.24, 2.45) is 12.5 Å². The van der Waals surface area contributed by atoms with Crippen LogP contribution < -0.4 is 16.0 Å². The number of aryl methyl sites for hydroxylation is 1. The van der Waals surface area contributed by atoms with Crippen molar-refractivity contribution in [2.75, 3.05) is 37.0 Å². The third-order valence-electron chi connectivity index (χ3n) is 7.92. The molecule has 12 nitrogen and oxygen atoms in total. The van der Waals surface area contributed by atoms with Gasteiger partial charge in [0.2, 0.25) is 0 Å². The summed E-state index contributed by atoms with van der Waals surface area (Å²) >= 11 is 6.57. The Kier molecular flexibility index (Phi) is 10.2. The monoisotopic (exact) mass is 594 g/mol. The molecule has 0 unspecified atom stereocenters. The van der Waals surface area contributed by atoms with Crippen LogP contribution in [-0.2, 0) is 23.1 Å². The lowest BCUT2D eigenvalue weighted by atomic mass is 9.82. The molecule has 0 radical (unpaired) electrons. The summed E-state index contributed by atoms with van der Waals surface area (Å²) in [4.78, 5) is 10.8. The van der Waals surface area contributed by atoms with Gasteiger partial charge >= 0.3 is 0 Å². The largest absolute Gasteiger partial charge is 0.381 e. The van der Waals surface area contributed by atoms with Gasteiger partial charge in [-0.15, -0.1) is 10.2 Å². The minimum atomic E-state index is -0.433. The van der Waals surface area contributed by atoms with Crippen LogP contribution in [0.25, 0.3) is 11.3 Å². The smallest absolute Gasteiger partial charge is 0.200 e. The SMILES string of the molecule is C[C@H](COCc1nnn(C)n1)N[C@H]1CC[C@H](Nc2cc(-c3cccc(NCC4(C#N)CCOCC4)n3)c(Cl)cn2)CC1. The first-order valence-corrected chi connectivity index (χ1v) is 15.0. The Morgan fingerprint density at radius 1 is 1.19 bits per heavy atom. The first-order chi connectivity index (χ1) is 20.4. The summed E-state index contributed by atoms with van der Waals surface area (Å²) in [6.45, 7) is 4.85. The number of rotatable bonds is 12. The van der Waals surface area contributed by atoms with Crippen molar-refractivity contribution in [3.05, 3.63) is 41.3 Å². The molecule has 13 heteroatoms. The normalized spacial score (nSPS) is 20.9. The molecule has 3 N–H and O–H groups in total. The molecule has 0 spiro atoms. The molecule has 3 aromatic rings. The van der Waals surface area contributed by atoms with E-state index >= 15 is 0 Å². The molecular formula is C29H39ClN10O2. The highest BCUT2D eigenvalue weighted by Crippen LogP contribution is 2.32. The number of tetrazole rings is 1. The van der Waals surface area contributed by atoms with Crippen molar-refractivity contribution in [3.8, 4) is 17.3 Å².